The molecule has 1 heterocycles. The summed E-state index contributed by atoms with van der Waals surface area (Å²) in [6.07, 6.45) is 2.45. The van der Waals surface area contributed by atoms with Crippen molar-refractivity contribution < 1.29 is 5.11 Å². The molecule has 0 bridgehead atoms. The summed E-state index contributed by atoms with van der Waals surface area (Å²) in [5, 5.41) is 12.7. The van der Waals surface area contributed by atoms with Gasteiger partial charge in [-0.2, -0.15) is 0 Å². The van der Waals surface area contributed by atoms with E-state index < -0.39 is 0 Å². The second-order valence-electron chi connectivity index (χ2n) is 4.48. The number of nitrogens with one attached hydrogen (secondary N) is 1. The first-order valence-electron chi connectivity index (χ1n) is 5.10. The largest absolute Gasteiger partial charge is 0.396 e. The predicted octanol–water partition coefficient (Wildman–Crippen LogP) is 3.32. The minimum Gasteiger partial charge on any atom is -0.396 e. The second-order valence-corrected chi connectivity index (χ2v) is 5.80. The van der Waals surface area contributed by atoms with E-state index in [4.69, 9.17) is 16.7 Å². The topological polar surface area (TPSA) is 45.1 Å². The van der Waals surface area contributed by atoms with E-state index in [2.05, 4.69) is 40.1 Å². The number of hydrogen-bond acceptors (Lipinski definition) is 3. The van der Waals surface area contributed by atoms with Crippen molar-refractivity contribution in [2.75, 3.05) is 18.5 Å². The number of halogens is 2. The van der Waals surface area contributed by atoms with Gasteiger partial charge in [-0.1, -0.05) is 25.4 Å². The van der Waals surface area contributed by atoms with Crippen LogP contribution in [0.1, 0.15) is 20.3 Å². The molecule has 0 fully saturated rings. The number of aromatic nitrogens is 1. The van der Waals surface area contributed by atoms with Gasteiger partial charge in [-0.3, -0.25) is 0 Å². The van der Waals surface area contributed by atoms with Crippen LogP contribution in [0.4, 0.5) is 5.82 Å². The van der Waals surface area contributed by atoms with E-state index in [-0.39, 0.29) is 12.0 Å². The van der Waals surface area contributed by atoms with Gasteiger partial charge in [0.25, 0.3) is 0 Å². The number of rotatable bonds is 5. The molecule has 0 atom stereocenters. The summed E-state index contributed by atoms with van der Waals surface area (Å²) in [6, 6.07) is 1.80. The van der Waals surface area contributed by atoms with E-state index in [0.29, 0.717) is 10.8 Å². The molecule has 0 radical (unpaired) electrons. The van der Waals surface area contributed by atoms with Crippen molar-refractivity contribution in [1.82, 2.24) is 4.98 Å². The molecule has 0 saturated carbocycles. The van der Waals surface area contributed by atoms with Gasteiger partial charge in [0.2, 0.25) is 0 Å². The molecule has 3 nitrogen and oxygen atoms in total. The van der Waals surface area contributed by atoms with Crippen LogP contribution in [0.5, 0.6) is 0 Å². The van der Waals surface area contributed by atoms with Crippen LogP contribution in [0, 0.1) is 5.41 Å². The fourth-order valence-electron chi connectivity index (χ4n) is 1.26. The summed E-state index contributed by atoms with van der Waals surface area (Å²) in [5.41, 5.74) is 0.0207. The Morgan fingerprint density at radius 1 is 1.56 bits per heavy atom. The molecule has 16 heavy (non-hydrogen) atoms. The Kier molecular flexibility index (Phi) is 5.02. The Morgan fingerprint density at radius 2 is 2.25 bits per heavy atom. The molecule has 1 aromatic rings. The summed E-state index contributed by atoms with van der Waals surface area (Å²) in [4.78, 5) is 4.19. The van der Waals surface area contributed by atoms with Gasteiger partial charge in [0.05, 0.1) is 5.02 Å². The molecule has 0 unspecified atom stereocenters. The predicted molar refractivity (Wildman–Crippen MR) is 70.9 cm³/mol. The Balaban J connectivity index is 2.61. The fraction of sp³-hybridized carbons (Fsp3) is 0.545. The highest BCUT2D eigenvalue weighted by Crippen LogP contribution is 2.25. The lowest BCUT2D eigenvalue weighted by Crippen LogP contribution is -2.24. The molecule has 0 aliphatic carbocycles. The first kappa shape index (κ1) is 13.7. The van der Waals surface area contributed by atoms with Crippen molar-refractivity contribution in [3.05, 3.63) is 21.8 Å². The quantitative estimate of drug-likeness (QED) is 0.877. The Bertz CT molecular complexity index is 358. The van der Waals surface area contributed by atoms with Gasteiger partial charge < -0.3 is 10.4 Å². The van der Waals surface area contributed by atoms with Crippen LogP contribution in [-0.4, -0.2) is 23.2 Å². The minimum atomic E-state index is 0.0207. The number of nitrogens with zero attached hydrogens (tertiary/aromatic N) is 1. The molecule has 90 valence electrons. The monoisotopic (exact) mass is 306 g/mol. The molecule has 2 N–H and O–H groups in total. The van der Waals surface area contributed by atoms with Crippen LogP contribution >= 0.6 is 27.5 Å². The molecular weight excluding hydrogens is 291 g/mol. The maximum absolute atomic E-state index is 8.91. The Morgan fingerprint density at radius 3 is 2.81 bits per heavy atom. The number of aliphatic hydroxyl groups excluding tert-OH is 1. The first-order chi connectivity index (χ1) is 7.44. The summed E-state index contributed by atoms with van der Waals surface area (Å²) in [6.45, 7) is 5.09. The molecule has 1 aromatic heterocycles. The number of aliphatic hydroxyl groups is 1. The van der Waals surface area contributed by atoms with E-state index in [1.54, 1.807) is 12.3 Å². The molecule has 0 aliphatic rings. The van der Waals surface area contributed by atoms with Crippen LogP contribution in [0.3, 0.4) is 0 Å². The fourth-order valence-corrected chi connectivity index (χ4v) is 1.95. The van der Waals surface area contributed by atoms with Crippen molar-refractivity contribution >= 4 is 33.3 Å². The lowest BCUT2D eigenvalue weighted by molar-refractivity contribution is 0.220. The zero-order valence-electron chi connectivity index (χ0n) is 9.43. The van der Waals surface area contributed by atoms with E-state index >= 15 is 0 Å². The second kappa shape index (κ2) is 5.84. The third-order valence-electron chi connectivity index (χ3n) is 2.33. The van der Waals surface area contributed by atoms with Gasteiger partial charge in [0, 0.05) is 23.8 Å². The standard InChI is InChI=1S/C11H16BrClN2O/c1-11(2,3-4-16)7-15-10-9(13)5-8(12)6-14-10/h5-6,16H,3-4,7H2,1-2H3,(H,14,15). The summed E-state index contributed by atoms with van der Waals surface area (Å²) >= 11 is 9.34. The number of hydrogen-bond donors (Lipinski definition) is 2. The zero-order valence-corrected chi connectivity index (χ0v) is 11.8. The average molecular weight is 308 g/mol. The van der Waals surface area contributed by atoms with E-state index in [1.165, 1.54) is 0 Å². The molecular formula is C11H16BrClN2O. The zero-order chi connectivity index (χ0) is 12.2. The summed E-state index contributed by atoms with van der Waals surface area (Å²) < 4.78 is 0.859. The molecule has 0 aromatic carbocycles. The van der Waals surface area contributed by atoms with Gasteiger partial charge >= 0.3 is 0 Å². The van der Waals surface area contributed by atoms with E-state index in [9.17, 15) is 0 Å². The SMILES string of the molecule is CC(C)(CCO)CNc1ncc(Br)cc1Cl. The third kappa shape index (κ3) is 4.28. The van der Waals surface area contributed by atoms with Crippen molar-refractivity contribution in [2.45, 2.75) is 20.3 Å². The smallest absolute Gasteiger partial charge is 0.144 e. The maximum Gasteiger partial charge on any atom is 0.144 e. The van der Waals surface area contributed by atoms with Gasteiger partial charge in [0.1, 0.15) is 5.82 Å². The minimum absolute atomic E-state index is 0.0207. The third-order valence-corrected chi connectivity index (χ3v) is 3.05. The van der Waals surface area contributed by atoms with Crippen LogP contribution in [0.25, 0.3) is 0 Å². The van der Waals surface area contributed by atoms with Crippen LogP contribution in [0.2, 0.25) is 5.02 Å². The molecule has 0 spiro atoms. The number of anilines is 1. The van der Waals surface area contributed by atoms with Gasteiger partial charge in [-0.15, -0.1) is 0 Å². The van der Waals surface area contributed by atoms with Crippen molar-refractivity contribution in [3.63, 3.8) is 0 Å². The lowest BCUT2D eigenvalue weighted by Gasteiger charge is -2.24. The highest BCUT2D eigenvalue weighted by molar-refractivity contribution is 9.10. The molecule has 0 saturated heterocycles. The molecule has 1 rings (SSSR count). The van der Waals surface area contributed by atoms with E-state index in [0.717, 1.165) is 17.4 Å². The normalized spacial score (nSPS) is 11.6. The molecule has 5 heteroatoms. The average Bonchev–Trinajstić information content (AvgIpc) is 2.16. The van der Waals surface area contributed by atoms with Gasteiger partial charge in [-0.25, -0.2) is 4.98 Å². The van der Waals surface area contributed by atoms with Gasteiger partial charge in [0.15, 0.2) is 0 Å². The Labute approximate surface area is 109 Å². The van der Waals surface area contributed by atoms with Crippen LogP contribution < -0.4 is 5.32 Å². The first-order valence-corrected chi connectivity index (χ1v) is 6.27. The van der Waals surface area contributed by atoms with Crippen molar-refractivity contribution in [1.29, 1.82) is 0 Å². The van der Waals surface area contributed by atoms with Crippen LogP contribution in [0.15, 0.2) is 16.7 Å². The number of pyridine rings is 1. The van der Waals surface area contributed by atoms with Crippen LogP contribution in [-0.2, 0) is 0 Å². The summed E-state index contributed by atoms with van der Waals surface area (Å²) in [7, 11) is 0. The highest BCUT2D eigenvalue weighted by atomic mass is 79.9. The van der Waals surface area contributed by atoms with Gasteiger partial charge in [-0.05, 0) is 33.8 Å². The highest BCUT2D eigenvalue weighted by Gasteiger charge is 2.17. The van der Waals surface area contributed by atoms with Crippen molar-refractivity contribution in [3.8, 4) is 0 Å². The maximum atomic E-state index is 8.91. The Hall–Kier alpha value is -0.320. The summed E-state index contributed by atoms with van der Waals surface area (Å²) in [5.74, 6) is 0.677. The lowest BCUT2D eigenvalue weighted by atomic mass is 9.90. The molecule has 0 aliphatic heterocycles. The molecule has 0 amide bonds. The van der Waals surface area contributed by atoms with Crippen molar-refractivity contribution in [2.24, 2.45) is 5.41 Å². The van der Waals surface area contributed by atoms with E-state index in [1.807, 2.05) is 0 Å².